The summed E-state index contributed by atoms with van der Waals surface area (Å²) in [6.07, 6.45) is 5.31. The highest BCUT2D eigenvalue weighted by Gasteiger charge is 2.39. The third kappa shape index (κ3) is 3.25. The van der Waals surface area contributed by atoms with Crippen molar-refractivity contribution in [2.45, 2.75) is 66.3 Å². The molecule has 0 amide bonds. The van der Waals surface area contributed by atoms with Crippen molar-refractivity contribution in [1.82, 2.24) is 5.32 Å². The molecule has 0 spiro atoms. The molecule has 20 heavy (non-hydrogen) atoms. The van der Waals surface area contributed by atoms with Crippen LogP contribution in [0, 0.1) is 25.2 Å². The van der Waals surface area contributed by atoms with Gasteiger partial charge in [-0.1, -0.05) is 45.4 Å². The lowest BCUT2D eigenvalue weighted by molar-refractivity contribution is 0.197. The van der Waals surface area contributed by atoms with Crippen molar-refractivity contribution in [3.05, 3.63) is 34.9 Å². The standard InChI is InChI=1S/C19H31N/c1-6-12-20-18(17-8-7-11-19(17,4)5)16-10-9-14(2)15(3)13-16/h9-10,13,17-18,20H,6-8,11-12H2,1-5H3. The number of aryl methyl sites for hydroxylation is 2. The monoisotopic (exact) mass is 273 g/mol. The molecule has 1 fully saturated rings. The summed E-state index contributed by atoms with van der Waals surface area (Å²) in [5.41, 5.74) is 4.77. The molecule has 1 nitrogen and oxygen atoms in total. The van der Waals surface area contributed by atoms with E-state index >= 15 is 0 Å². The SMILES string of the molecule is CCCNC(c1ccc(C)c(C)c1)C1CCCC1(C)C. The third-order valence-electron chi connectivity index (χ3n) is 5.25. The Morgan fingerprint density at radius 2 is 2.00 bits per heavy atom. The van der Waals surface area contributed by atoms with E-state index in [0.717, 1.165) is 12.5 Å². The Balaban J connectivity index is 2.29. The third-order valence-corrected chi connectivity index (χ3v) is 5.25. The van der Waals surface area contributed by atoms with Crippen LogP contribution in [-0.4, -0.2) is 6.54 Å². The van der Waals surface area contributed by atoms with Crippen molar-refractivity contribution in [2.24, 2.45) is 11.3 Å². The topological polar surface area (TPSA) is 12.0 Å². The molecule has 2 atom stereocenters. The average Bonchev–Trinajstić information content (AvgIpc) is 2.74. The van der Waals surface area contributed by atoms with Crippen LogP contribution in [0.3, 0.4) is 0 Å². The zero-order valence-electron chi connectivity index (χ0n) is 13.9. The van der Waals surface area contributed by atoms with Gasteiger partial charge in [-0.05, 0) is 67.7 Å². The van der Waals surface area contributed by atoms with Crippen LogP contribution in [0.1, 0.15) is 69.2 Å². The van der Waals surface area contributed by atoms with Crippen LogP contribution in [0.4, 0.5) is 0 Å². The Labute approximate surface area is 125 Å². The molecule has 1 aliphatic carbocycles. The number of benzene rings is 1. The maximum absolute atomic E-state index is 3.83. The summed E-state index contributed by atoms with van der Waals surface area (Å²) in [6, 6.07) is 7.54. The molecule has 112 valence electrons. The molecule has 0 heterocycles. The highest BCUT2D eigenvalue weighted by Crippen LogP contribution is 2.48. The van der Waals surface area contributed by atoms with E-state index < -0.39 is 0 Å². The van der Waals surface area contributed by atoms with Gasteiger partial charge < -0.3 is 5.32 Å². The van der Waals surface area contributed by atoms with E-state index in [0.29, 0.717) is 11.5 Å². The van der Waals surface area contributed by atoms with Crippen molar-refractivity contribution < 1.29 is 0 Å². The second-order valence-electron chi connectivity index (χ2n) is 7.26. The predicted octanol–water partition coefficient (Wildman–Crippen LogP) is 5.17. The highest BCUT2D eigenvalue weighted by molar-refractivity contribution is 5.32. The first-order chi connectivity index (χ1) is 9.45. The summed E-state index contributed by atoms with van der Waals surface area (Å²) in [5, 5.41) is 3.83. The fraction of sp³-hybridized carbons (Fsp3) is 0.684. The van der Waals surface area contributed by atoms with E-state index in [1.54, 1.807) is 0 Å². The van der Waals surface area contributed by atoms with Crippen molar-refractivity contribution in [2.75, 3.05) is 6.54 Å². The number of hydrogen-bond donors (Lipinski definition) is 1. The smallest absolute Gasteiger partial charge is 0.0353 e. The largest absolute Gasteiger partial charge is 0.310 e. The Morgan fingerprint density at radius 1 is 1.25 bits per heavy atom. The predicted molar refractivity (Wildman–Crippen MR) is 88.1 cm³/mol. The van der Waals surface area contributed by atoms with Crippen LogP contribution in [0.25, 0.3) is 0 Å². The van der Waals surface area contributed by atoms with Gasteiger partial charge in [-0.2, -0.15) is 0 Å². The quantitative estimate of drug-likeness (QED) is 0.780. The van der Waals surface area contributed by atoms with E-state index in [-0.39, 0.29) is 0 Å². The Kier molecular flexibility index (Phi) is 4.90. The molecule has 1 N–H and O–H groups in total. The van der Waals surface area contributed by atoms with Gasteiger partial charge in [0.15, 0.2) is 0 Å². The summed E-state index contributed by atoms with van der Waals surface area (Å²) in [6.45, 7) is 12.7. The Hall–Kier alpha value is -0.820. The maximum atomic E-state index is 3.83. The molecule has 1 aromatic rings. The van der Waals surface area contributed by atoms with Gasteiger partial charge in [0.2, 0.25) is 0 Å². The minimum absolute atomic E-state index is 0.462. The zero-order valence-corrected chi connectivity index (χ0v) is 13.9. The lowest BCUT2D eigenvalue weighted by Crippen LogP contribution is -2.34. The van der Waals surface area contributed by atoms with E-state index in [1.807, 2.05) is 0 Å². The zero-order chi connectivity index (χ0) is 14.8. The summed E-state index contributed by atoms with van der Waals surface area (Å²) in [4.78, 5) is 0. The molecule has 0 bridgehead atoms. The molecular formula is C19H31N. The van der Waals surface area contributed by atoms with Gasteiger partial charge in [0.1, 0.15) is 0 Å². The highest BCUT2D eigenvalue weighted by atomic mass is 14.9. The van der Waals surface area contributed by atoms with E-state index in [9.17, 15) is 0 Å². The fourth-order valence-corrected chi connectivity index (χ4v) is 3.72. The first kappa shape index (κ1) is 15.6. The maximum Gasteiger partial charge on any atom is 0.0353 e. The molecule has 0 aliphatic heterocycles. The van der Waals surface area contributed by atoms with Gasteiger partial charge in [-0.15, -0.1) is 0 Å². The van der Waals surface area contributed by atoms with Crippen LogP contribution in [0.5, 0.6) is 0 Å². The summed E-state index contributed by atoms with van der Waals surface area (Å²) in [7, 11) is 0. The minimum atomic E-state index is 0.462. The second-order valence-corrected chi connectivity index (χ2v) is 7.26. The Bertz CT molecular complexity index is 447. The van der Waals surface area contributed by atoms with Gasteiger partial charge in [-0.3, -0.25) is 0 Å². The lowest BCUT2D eigenvalue weighted by atomic mass is 9.75. The van der Waals surface area contributed by atoms with Gasteiger partial charge in [-0.25, -0.2) is 0 Å². The molecule has 2 unspecified atom stereocenters. The van der Waals surface area contributed by atoms with Gasteiger partial charge in [0.25, 0.3) is 0 Å². The number of nitrogens with one attached hydrogen (secondary N) is 1. The van der Waals surface area contributed by atoms with Crippen LogP contribution >= 0.6 is 0 Å². The van der Waals surface area contributed by atoms with Crippen LogP contribution in [0.15, 0.2) is 18.2 Å². The molecular weight excluding hydrogens is 242 g/mol. The van der Waals surface area contributed by atoms with Gasteiger partial charge >= 0.3 is 0 Å². The molecule has 0 radical (unpaired) electrons. The number of rotatable bonds is 5. The van der Waals surface area contributed by atoms with Crippen molar-refractivity contribution in [3.63, 3.8) is 0 Å². The molecule has 0 aromatic heterocycles. The summed E-state index contributed by atoms with van der Waals surface area (Å²) < 4.78 is 0. The summed E-state index contributed by atoms with van der Waals surface area (Å²) in [5.74, 6) is 0.760. The molecule has 0 saturated heterocycles. The van der Waals surface area contributed by atoms with Crippen molar-refractivity contribution >= 4 is 0 Å². The van der Waals surface area contributed by atoms with Gasteiger partial charge in [0.05, 0.1) is 0 Å². The minimum Gasteiger partial charge on any atom is -0.310 e. The molecule has 1 aliphatic rings. The van der Waals surface area contributed by atoms with E-state index in [2.05, 4.69) is 58.1 Å². The average molecular weight is 273 g/mol. The van der Waals surface area contributed by atoms with Crippen LogP contribution in [0.2, 0.25) is 0 Å². The fourth-order valence-electron chi connectivity index (χ4n) is 3.72. The first-order valence-electron chi connectivity index (χ1n) is 8.26. The molecule has 1 saturated carbocycles. The molecule has 1 heteroatoms. The normalized spacial score (nSPS) is 22.9. The van der Waals surface area contributed by atoms with E-state index in [1.165, 1.54) is 42.4 Å². The van der Waals surface area contributed by atoms with Crippen LogP contribution in [-0.2, 0) is 0 Å². The van der Waals surface area contributed by atoms with Crippen LogP contribution < -0.4 is 5.32 Å². The molecule has 1 aromatic carbocycles. The molecule has 2 rings (SSSR count). The Morgan fingerprint density at radius 3 is 2.55 bits per heavy atom. The number of hydrogen-bond acceptors (Lipinski definition) is 1. The van der Waals surface area contributed by atoms with Crippen molar-refractivity contribution in [1.29, 1.82) is 0 Å². The first-order valence-corrected chi connectivity index (χ1v) is 8.26. The van der Waals surface area contributed by atoms with Gasteiger partial charge in [0, 0.05) is 6.04 Å². The summed E-state index contributed by atoms with van der Waals surface area (Å²) >= 11 is 0. The van der Waals surface area contributed by atoms with Crippen molar-refractivity contribution in [3.8, 4) is 0 Å². The van der Waals surface area contributed by atoms with E-state index in [4.69, 9.17) is 0 Å². The second kappa shape index (κ2) is 6.30. The lowest BCUT2D eigenvalue weighted by Gasteiger charge is -2.35.